The van der Waals surface area contributed by atoms with E-state index in [0.29, 0.717) is 18.6 Å². The number of aliphatic hydroxyl groups excluding tert-OH is 1. The van der Waals surface area contributed by atoms with Gasteiger partial charge in [-0.2, -0.15) is 0 Å². The van der Waals surface area contributed by atoms with Crippen LogP contribution in [0.1, 0.15) is 38.3 Å². The van der Waals surface area contributed by atoms with Crippen LogP contribution in [-0.4, -0.2) is 52.5 Å². The number of rotatable bonds is 7. The normalized spacial score (nSPS) is 20.5. The average Bonchev–Trinajstić information content (AvgIpc) is 3.15. The predicted octanol–water partition coefficient (Wildman–Crippen LogP) is 3.79. The molecule has 4 atom stereocenters. The fourth-order valence-corrected chi connectivity index (χ4v) is 4.00. The van der Waals surface area contributed by atoms with Crippen molar-refractivity contribution in [3.05, 3.63) is 71.3 Å². The molecule has 1 fully saturated rings. The van der Waals surface area contributed by atoms with Crippen molar-refractivity contribution >= 4 is 6.09 Å². The lowest BCUT2D eigenvalue weighted by Crippen LogP contribution is -2.52. The zero-order valence-electron chi connectivity index (χ0n) is 19.2. The topological polar surface area (TPSA) is 85.0 Å². The Balaban J connectivity index is 1.71. The summed E-state index contributed by atoms with van der Waals surface area (Å²) in [5.74, 6) is -1.42. The van der Waals surface area contributed by atoms with Gasteiger partial charge >= 0.3 is 6.09 Å². The summed E-state index contributed by atoms with van der Waals surface area (Å²) in [6.07, 6.45) is -1.63. The Morgan fingerprint density at radius 2 is 1.79 bits per heavy atom. The zero-order chi connectivity index (χ0) is 24.2. The molecule has 3 rings (SSSR count). The molecule has 0 saturated carbocycles. The molecule has 0 bridgehead atoms. The summed E-state index contributed by atoms with van der Waals surface area (Å²) in [6, 6.07) is 11.3. The Morgan fingerprint density at radius 1 is 1.15 bits per heavy atom. The molecule has 0 radical (unpaired) electrons. The van der Waals surface area contributed by atoms with E-state index in [9.17, 15) is 18.7 Å². The van der Waals surface area contributed by atoms with Crippen molar-refractivity contribution in [3.8, 4) is 0 Å². The van der Waals surface area contributed by atoms with E-state index in [2.05, 4.69) is 0 Å². The van der Waals surface area contributed by atoms with Crippen molar-refractivity contribution in [2.24, 2.45) is 5.73 Å². The maximum Gasteiger partial charge on any atom is 0.410 e. The van der Waals surface area contributed by atoms with Crippen LogP contribution in [0, 0.1) is 11.6 Å². The van der Waals surface area contributed by atoms with Gasteiger partial charge in [0.2, 0.25) is 0 Å². The molecule has 33 heavy (non-hydrogen) atoms. The molecule has 180 valence electrons. The summed E-state index contributed by atoms with van der Waals surface area (Å²) in [5, 5.41) is 11.0. The Bertz CT molecular complexity index is 915. The van der Waals surface area contributed by atoms with E-state index in [1.54, 1.807) is 20.8 Å². The van der Waals surface area contributed by atoms with E-state index in [-0.39, 0.29) is 19.1 Å². The first-order valence-corrected chi connectivity index (χ1v) is 11.1. The smallest absolute Gasteiger partial charge is 0.410 e. The molecule has 1 aliphatic rings. The zero-order valence-corrected chi connectivity index (χ0v) is 19.2. The Kier molecular flexibility index (Phi) is 8.05. The molecule has 3 N–H and O–H groups in total. The maximum atomic E-state index is 13.6. The van der Waals surface area contributed by atoms with Gasteiger partial charge in [0.25, 0.3) is 0 Å². The van der Waals surface area contributed by atoms with Crippen molar-refractivity contribution in [3.63, 3.8) is 0 Å². The van der Waals surface area contributed by atoms with E-state index in [0.717, 1.165) is 11.6 Å². The number of amides is 1. The van der Waals surface area contributed by atoms with Crippen LogP contribution >= 0.6 is 0 Å². The second kappa shape index (κ2) is 10.6. The van der Waals surface area contributed by atoms with Gasteiger partial charge < -0.3 is 20.3 Å². The fourth-order valence-electron chi connectivity index (χ4n) is 4.00. The molecule has 1 saturated heterocycles. The monoisotopic (exact) mass is 462 g/mol. The van der Waals surface area contributed by atoms with Crippen LogP contribution in [0.25, 0.3) is 0 Å². The number of hydrogen-bond acceptors (Lipinski definition) is 5. The lowest BCUT2D eigenvalue weighted by Gasteiger charge is -2.33. The van der Waals surface area contributed by atoms with Crippen LogP contribution in [0.4, 0.5) is 13.6 Å². The van der Waals surface area contributed by atoms with Crippen LogP contribution < -0.4 is 5.73 Å². The Morgan fingerprint density at radius 3 is 2.39 bits per heavy atom. The second-order valence-electron chi connectivity index (χ2n) is 9.49. The highest BCUT2D eigenvalue weighted by Gasteiger charge is 2.43. The molecule has 8 heteroatoms. The SMILES string of the molecule is CC(C)(C)OC(=O)N1C[C@H](OCc2ccccc2)C[C@H]1[C@@H](O)[C@@H](N)Cc1cc(F)cc(F)c1. The first-order valence-electron chi connectivity index (χ1n) is 11.1. The van der Waals surface area contributed by atoms with Crippen molar-refractivity contribution in [1.29, 1.82) is 0 Å². The summed E-state index contributed by atoms with van der Waals surface area (Å²) >= 11 is 0. The molecule has 1 heterocycles. The first kappa shape index (κ1) is 25.1. The number of likely N-dealkylation sites (tertiary alicyclic amines) is 1. The number of aliphatic hydroxyl groups is 1. The lowest BCUT2D eigenvalue weighted by atomic mass is 9.95. The minimum Gasteiger partial charge on any atom is -0.444 e. The lowest BCUT2D eigenvalue weighted by molar-refractivity contribution is -0.000336. The average molecular weight is 463 g/mol. The van der Waals surface area contributed by atoms with Gasteiger partial charge in [-0.1, -0.05) is 30.3 Å². The van der Waals surface area contributed by atoms with Crippen LogP contribution in [0.2, 0.25) is 0 Å². The van der Waals surface area contributed by atoms with Gasteiger partial charge in [0.15, 0.2) is 0 Å². The van der Waals surface area contributed by atoms with Gasteiger partial charge in [-0.15, -0.1) is 0 Å². The third kappa shape index (κ3) is 7.22. The predicted molar refractivity (Wildman–Crippen MR) is 120 cm³/mol. The summed E-state index contributed by atoms with van der Waals surface area (Å²) in [6.45, 7) is 5.90. The highest BCUT2D eigenvalue weighted by molar-refractivity contribution is 5.69. The van der Waals surface area contributed by atoms with Crippen molar-refractivity contribution in [2.75, 3.05) is 6.54 Å². The van der Waals surface area contributed by atoms with Crippen molar-refractivity contribution in [1.82, 2.24) is 4.90 Å². The van der Waals surface area contributed by atoms with E-state index in [1.807, 2.05) is 30.3 Å². The molecule has 6 nitrogen and oxygen atoms in total. The van der Waals surface area contributed by atoms with Crippen LogP contribution in [0.3, 0.4) is 0 Å². The first-order chi connectivity index (χ1) is 15.5. The number of carbonyl (C=O) groups is 1. The molecule has 0 aromatic heterocycles. The summed E-state index contributed by atoms with van der Waals surface area (Å²) in [5.41, 5.74) is 6.83. The Hall–Kier alpha value is -2.55. The summed E-state index contributed by atoms with van der Waals surface area (Å²) < 4.78 is 38.6. The van der Waals surface area contributed by atoms with Crippen molar-refractivity contribution in [2.45, 2.75) is 70.1 Å². The maximum absolute atomic E-state index is 13.6. The van der Waals surface area contributed by atoms with Gasteiger partial charge in [-0.25, -0.2) is 13.6 Å². The van der Waals surface area contributed by atoms with E-state index >= 15 is 0 Å². The van der Waals surface area contributed by atoms with E-state index < -0.39 is 41.5 Å². The van der Waals surface area contributed by atoms with Gasteiger partial charge in [-0.3, -0.25) is 4.90 Å². The molecular weight excluding hydrogens is 430 g/mol. The highest BCUT2D eigenvalue weighted by Crippen LogP contribution is 2.28. The molecule has 2 aromatic carbocycles. The third-order valence-corrected chi connectivity index (χ3v) is 5.49. The van der Waals surface area contributed by atoms with Crippen LogP contribution in [0.15, 0.2) is 48.5 Å². The summed E-state index contributed by atoms with van der Waals surface area (Å²) in [7, 11) is 0. The largest absolute Gasteiger partial charge is 0.444 e. The number of benzene rings is 2. The van der Waals surface area contributed by atoms with E-state index in [4.69, 9.17) is 15.2 Å². The van der Waals surface area contributed by atoms with Gasteiger partial charge in [0.05, 0.1) is 31.4 Å². The molecule has 0 aliphatic carbocycles. The molecule has 1 amide bonds. The quantitative estimate of drug-likeness (QED) is 0.654. The number of ether oxygens (including phenoxy) is 2. The Labute approximate surface area is 193 Å². The molecule has 1 aliphatic heterocycles. The second-order valence-corrected chi connectivity index (χ2v) is 9.49. The molecule has 0 unspecified atom stereocenters. The fraction of sp³-hybridized carbons (Fsp3) is 0.480. The van der Waals surface area contributed by atoms with Crippen molar-refractivity contribution < 1.29 is 28.2 Å². The number of nitrogens with two attached hydrogens (primary N) is 1. The standard InChI is InChI=1S/C25H32F2N2O4/c1-25(2,3)33-24(31)29-14-20(32-15-16-7-5-4-6-8-16)13-22(29)23(30)21(28)11-17-9-18(26)12-19(27)10-17/h4-10,12,20-23,30H,11,13-15,28H2,1-3H3/t20-,21+,22+,23+/m1/s1. The van der Waals surface area contributed by atoms with Crippen LogP contribution in [0.5, 0.6) is 0 Å². The van der Waals surface area contributed by atoms with Gasteiger partial charge in [0.1, 0.15) is 17.2 Å². The van der Waals surface area contributed by atoms with Gasteiger partial charge in [-0.05, 0) is 56.9 Å². The highest BCUT2D eigenvalue weighted by atomic mass is 19.1. The number of halogens is 2. The van der Waals surface area contributed by atoms with Gasteiger partial charge in [0, 0.05) is 12.1 Å². The molecule has 2 aromatic rings. The van der Waals surface area contributed by atoms with Crippen LogP contribution in [-0.2, 0) is 22.5 Å². The van der Waals surface area contributed by atoms with E-state index in [1.165, 1.54) is 17.0 Å². The minimum atomic E-state index is -1.14. The third-order valence-electron chi connectivity index (χ3n) is 5.49. The summed E-state index contributed by atoms with van der Waals surface area (Å²) in [4.78, 5) is 14.3. The number of carbonyl (C=O) groups excluding carboxylic acids is 1. The number of hydrogen-bond donors (Lipinski definition) is 2. The molecule has 0 spiro atoms. The minimum absolute atomic E-state index is 0.0457. The number of nitrogens with zero attached hydrogens (tertiary/aromatic N) is 1. The molecular formula is C25H32F2N2O4.